The molecule has 0 fully saturated rings. The van der Waals surface area contributed by atoms with E-state index in [4.69, 9.17) is 16.7 Å². The maximum atomic E-state index is 10.8. The third-order valence-corrected chi connectivity index (χ3v) is 1.70. The molecule has 6 heteroatoms. The number of rotatable bonds is 4. The molecule has 0 saturated heterocycles. The van der Waals surface area contributed by atoms with Crippen molar-refractivity contribution in [3.05, 3.63) is 11.9 Å². The highest BCUT2D eigenvalue weighted by molar-refractivity contribution is 5.95. The number of hydrogen-bond acceptors (Lipinski definition) is 4. The van der Waals surface area contributed by atoms with Crippen LogP contribution in [0.1, 0.15) is 23.3 Å². The summed E-state index contributed by atoms with van der Waals surface area (Å²) in [5.74, 6) is -0.637. The molecule has 1 rings (SSSR count). The van der Waals surface area contributed by atoms with Gasteiger partial charge < -0.3 is 11.5 Å². The van der Waals surface area contributed by atoms with Crippen LogP contribution >= 0.6 is 0 Å². The minimum Gasteiger partial charge on any atom is -0.396 e. The molecule has 0 unspecified atom stereocenters. The average molecular weight is 193 g/mol. The number of nitrogens with zero attached hydrogens (tertiary/aromatic N) is 3. The molecule has 0 bridgehead atoms. The predicted octanol–water partition coefficient (Wildman–Crippen LogP) is -0.132. The van der Waals surface area contributed by atoms with Gasteiger partial charge in [-0.25, -0.2) is 0 Å². The van der Waals surface area contributed by atoms with Crippen molar-refractivity contribution in [1.82, 2.24) is 9.78 Å². The maximum Gasteiger partial charge on any atom is 0.271 e. The van der Waals surface area contributed by atoms with Crippen LogP contribution in [0.15, 0.2) is 6.20 Å². The summed E-state index contributed by atoms with van der Waals surface area (Å²) in [5.41, 5.74) is 10.9. The molecule has 0 aromatic carbocycles. The van der Waals surface area contributed by atoms with E-state index in [2.05, 4.69) is 5.10 Å². The monoisotopic (exact) mass is 193 g/mol. The van der Waals surface area contributed by atoms with Gasteiger partial charge in [-0.1, -0.05) is 0 Å². The van der Waals surface area contributed by atoms with Crippen LogP contribution in [0.5, 0.6) is 0 Å². The molecule has 6 nitrogen and oxygen atoms in total. The van der Waals surface area contributed by atoms with E-state index in [1.807, 2.05) is 6.07 Å². The lowest BCUT2D eigenvalue weighted by atomic mass is 10.3. The van der Waals surface area contributed by atoms with Crippen LogP contribution in [-0.4, -0.2) is 15.7 Å². The van der Waals surface area contributed by atoms with Gasteiger partial charge in [0, 0.05) is 19.2 Å². The Balaban J connectivity index is 2.67. The molecular formula is C8H11N5O. The first-order chi connectivity index (χ1) is 6.65. The number of carbonyl (C=O) groups is 1. The summed E-state index contributed by atoms with van der Waals surface area (Å²) in [5, 5.41) is 12.2. The Labute approximate surface area is 81.1 Å². The zero-order chi connectivity index (χ0) is 10.6. The number of nitrogen functional groups attached to an aromatic ring is 1. The van der Waals surface area contributed by atoms with Gasteiger partial charge in [0.25, 0.3) is 5.91 Å². The molecule has 14 heavy (non-hydrogen) atoms. The molecule has 0 saturated carbocycles. The van der Waals surface area contributed by atoms with Crippen LogP contribution in [0, 0.1) is 11.3 Å². The molecule has 0 spiro atoms. The van der Waals surface area contributed by atoms with Gasteiger partial charge in [0.05, 0.1) is 11.8 Å². The largest absolute Gasteiger partial charge is 0.396 e. The Hall–Kier alpha value is -2.03. The zero-order valence-electron chi connectivity index (χ0n) is 7.60. The Morgan fingerprint density at radius 1 is 1.71 bits per heavy atom. The molecule has 0 atom stereocenters. The molecule has 1 amide bonds. The summed E-state index contributed by atoms with van der Waals surface area (Å²) in [6.45, 7) is 0.561. The van der Waals surface area contributed by atoms with Crippen LogP contribution in [0.25, 0.3) is 0 Å². The number of amides is 1. The standard InChI is InChI=1S/C8H11N5O/c9-3-1-2-4-13-5-6(10)7(12-13)8(11)14/h5H,1-2,4,10H2,(H2,11,14). The van der Waals surface area contributed by atoms with E-state index >= 15 is 0 Å². The van der Waals surface area contributed by atoms with E-state index in [0.29, 0.717) is 19.4 Å². The second-order valence-corrected chi connectivity index (χ2v) is 2.82. The lowest BCUT2D eigenvalue weighted by molar-refractivity contribution is 0.0995. The van der Waals surface area contributed by atoms with Gasteiger partial charge in [0.1, 0.15) is 0 Å². The fourth-order valence-electron chi connectivity index (χ4n) is 1.06. The molecule has 1 aromatic rings. The van der Waals surface area contributed by atoms with Crippen molar-refractivity contribution in [2.75, 3.05) is 5.73 Å². The van der Waals surface area contributed by atoms with Crippen molar-refractivity contribution in [2.45, 2.75) is 19.4 Å². The van der Waals surface area contributed by atoms with Crippen LogP contribution in [0.3, 0.4) is 0 Å². The highest BCUT2D eigenvalue weighted by atomic mass is 16.1. The van der Waals surface area contributed by atoms with Crippen molar-refractivity contribution < 1.29 is 4.79 Å². The lowest BCUT2D eigenvalue weighted by Crippen LogP contribution is -2.14. The van der Waals surface area contributed by atoms with Crippen molar-refractivity contribution in [3.63, 3.8) is 0 Å². The van der Waals surface area contributed by atoms with E-state index in [-0.39, 0.29) is 11.4 Å². The first-order valence-electron chi connectivity index (χ1n) is 4.15. The number of aryl methyl sites for hydroxylation is 1. The maximum absolute atomic E-state index is 10.8. The van der Waals surface area contributed by atoms with Crippen LogP contribution in [0.4, 0.5) is 5.69 Å². The highest BCUT2D eigenvalue weighted by Gasteiger charge is 2.10. The smallest absolute Gasteiger partial charge is 0.271 e. The van der Waals surface area contributed by atoms with E-state index in [1.165, 1.54) is 10.9 Å². The first kappa shape index (κ1) is 10.1. The number of primary amides is 1. The zero-order valence-corrected chi connectivity index (χ0v) is 7.60. The van der Waals surface area contributed by atoms with Crippen molar-refractivity contribution in [2.24, 2.45) is 5.73 Å². The normalized spacial score (nSPS) is 9.64. The fraction of sp³-hybridized carbons (Fsp3) is 0.375. The number of carbonyl (C=O) groups excluding carboxylic acids is 1. The van der Waals surface area contributed by atoms with Gasteiger partial charge in [0.15, 0.2) is 5.69 Å². The van der Waals surface area contributed by atoms with Crippen molar-refractivity contribution in [3.8, 4) is 6.07 Å². The number of aromatic nitrogens is 2. The van der Waals surface area contributed by atoms with Crippen molar-refractivity contribution >= 4 is 11.6 Å². The molecule has 1 aromatic heterocycles. The molecule has 0 aliphatic carbocycles. The Morgan fingerprint density at radius 3 is 2.93 bits per heavy atom. The highest BCUT2D eigenvalue weighted by Crippen LogP contribution is 2.08. The summed E-state index contributed by atoms with van der Waals surface area (Å²) >= 11 is 0. The summed E-state index contributed by atoms with van der Waals surface area (Å²) in [6, 6.07) is 2.02. The van der Waals surface area contributed by atoms with Gasteiger partial charge in [-0.15, -0.1) is 0 Å². The van der Waals surface area contributed by atoms with E-state index in [0.717, 1.165) is 0 Å². The van der Waals surface area contributed by atoms with Crippen LogP contribution in [0.2, 0.25) is 0 Å². The van der Waals surface area contributed by atoms with Crippen LogP contribution < -0.4 is 11.5 Å². The topological polar surface area (TPSA) is 111 Å². The van der Waals surface area contributed by atoms with E-state index in [1.54, 1.807) is 0 Å². The fourth-order valence-corrected chi connectivity index (χ4v) is 1.06. The van der Waals surface area contributed by atoms with Crippen molar-refractivity contribution in [1.29, 1.82) is 5.26 Å². The van der Waals surface area contributed by atoms with Gasteiger partial charge >= 0.3 is 0 Å². The number of anilines is 1. The summed E-state index contributed by atoms with van der Waals surface area (Å²) in [7, 11) is 0. The predicted molar refractivity (Wildman–Crippen MR) is 50.0 cm³/mol. The second kappa shape index (κ2) is 4.28. The van der Waals surface area contributed by atoms with Gasteiger partial charge in [0.2, 0.25) is 0 Å². The number of hydrogen-bond donors (Lipinski definition) is 2. The summed E-state index contributed by atoms with van der Waals surface area (Å²) in [4.78, 5) is 10.8. The molecule has 0 radical (unpaired) electrons. The lowest BCUT2D eigenvalue weighted by Gasteiger charge is -1.95. The summed E-state index contributed by atoms with van der Waals surface area (Å²) in [6.07, 6.45) is 2.67. The van der Waals surface area contributed by atoms with Gasteiger partial charge in [-0.3, -0.25) is 9.48 Å². The Morgan fingerprint density at radius 2 is 2.43 bits per heavy atom. The molecular weight excluding hydrogens is 182 g/mol. The minimum atomic E-state index is -0.637. The molecule has 0 aliphatic heterocycles. The van der Waals surface area contributed by atoms with Gasteiger partial charge in [-0.2, -0.15) is 10.4 Å². The molecule has 74 valence electrons. The number of nitriles is 1. The molecule has 0 aliphatic rings. The molecule has 1 heterocycles. The minimum absolute atomic E-state index is 0.0851. The van der Waals surface area contributed by atoms with Crippen LogP contribution in [-0.2, 0) is 6.54 Å². The first-order valence-corrected chi connectivity index (χ1v) is 4.15. The number of unbranched alkanes of at least 4 members (excludes halogenated alkanes) is 1. The number of nitrogens with two attached hydrogens (primary N) is 2. The third kappa shape index (κ3) is 2.23. The Kier molecular flexibility index (Phi) is 3.07. The summed E-state index contributed by atoms with van der Waals surface area (Å²) < 4.78 is 1.52. The quantitative estimate of drug-likeness (QED) is 0.648. The SMILES string of the molecule is N#CCCCn1cc(N)c(C(N)=O)n1. The van der Waals surface area contributed by atoms with E-state index < -0.39 is 5.91 Å². The van der Waals surface area contributed by atoms with E-state index in [9.17, 15) is 4.79 Å². The molecule has 4 N–H and O–H groups in total. The third-order valence-electron chi connectivity index (χ3n) is 1.70. The average Bonchev–Trinajstić information content (AvgIpc) is 2.47. The Bertz CT molecular complexity index is 376. The second-order valence-electron chi connectivity index (χ2n) is 2.82. The van der Waals surface area contributed by atoms with Gasteiger partial charge in [-0.05, 0) is 6.42 Å².